The molecule has 2 aromatic carbocycles. The van der Waals surface area contributed by atoms with E-state index >= 15 is 0 Å². The van der Waals surface area contributed by atoms with Crippen LogP contribution in [0.15, 0.2) is 54.6 Å². The highest BCUT2D eigenvalue weighted by molar-refractivity contribution is 6.43. The quantitative estimate of drug-likeness (QED) is 0.323. The average molecular weight is 424 g/mol. The van der Waals surface area contributed by atoms with Gasteiger partial charge in [-0.05, 0) is 42.0 Å². The molecule has 0 bridgehead atoms. The monoisotopic (exact) mass is 424 g/mol. The van der Waals surface area contributed by atoms with Crippen molar-refractivity contribution in [1.82, 2.24) is 10.6 Å². The summed E-state index contributed by atoms with van der Waals surface area (Å²) in [6, 6.07) is 16.6. The maximum absolute atomic E-state index is 13.0. The number of carbonyl (C=O) groups excluding carboxylic acids is 2. The second kappa shape index (κ2) is 11.0. The first-order chi connectivity index (χ1) is 15.0. The number of rotatable bonds is 11. The maximum Gasteiger partial charge on any atom is 0.475 e. The zero-order chi connectivity index (χ0) is 22.2. The van der Waals surface area contributed by atoms with Crippen LogP contribution in [0.1, 0.15) is 30.4 Å². The van der Waals surface area contributed by atoms with Crippen LogP contribution in [0.5, 0.6) is 5.75 Å². The Bertz CT molecular complexity index is 873. The van der Waals surface area contributed by atoms with Crippen LogP contribution in [0, 0.1) is 11.8 Å². The van der Waals surface area contributed by atoms with Crippen molar-refractivity contribution >= 4 is 18.9 Å². The van der Waals surface area contributed by atoms with Gasteiger partial charge in [-0.1, -0.05) is 55.3 Å². The van der Waals surface area contributed by atoms with Crippen LogP contribution in [-0.4, -0.2) is 42.0 Å². The molecule has 0 aliphatic heterocycles. The van der Waals surface area contributed by atoms with Crippen molar-refractivity contribution < 1.29 is 24.4 Å². The molecule has 0 heterocycles. The SMILES string of the molecule is COc1cccc(CNC(=O)C(CC2CC2)C(=O)N[C@@H](Cc2ccccc2)B(O)O)c1. The number of nitrogens with one attached hydrogen (secondary N) is 2. The largest absolute Gasteiger partial charge is 0.497 e. The van der Waals surface area contributed by atoms with Crippen LogP contribution in [0.25, 0.3) is 0 Å². The minimum Gasteiger partial charge on any atom is -0.497 e. The van der Waals surface area contributed by atoms with Crippen molar-refractivity contribution in [3.63, 3.8) is 0 Å². The van der Waals surface area contributed by atoms with Crippen LogP contribution in [0.4, 0.5) is 0 Å². The Hall–Kier alpha value is -2.84. The van der Waals surface area contributed by atoms with Gasteiger partial charge in [-0.15, -0.1) is 0 Å². The molecule has 7 nitrogen and oxygen atoms in total. The molecule has 0 aromatic heterocycles. The summed E-state index contributed by atoms with van der Waals surface area (Å²) in [4.78, 5) is 25.8. The lowest BCUT2D eigenvalue weighted by Gasteiger charge is -2.22. The fraction of sp³-hybridized carbons (Fsp3) is 0.391. The third-order valence-corrected chi connectivity index (χ3v) is 5.49. The molecule has 2 aromatic rings. The highest BCUT2D eigenvalue weighted by Crippen LogP contribution is 2.35. The number of carbonyl (C=O) groups is 2. The Morgan fingerprint density at radius 2 is 1.77 bits per heavy atom. The third kappa shape index (κ3) is 7.12. The van der Waals surface area contributed by atoms with Crippen molar-refractivity contribution in [1.29, 1.82) is 0 Å². The van der Waals surface area contributed by atoms with Crippen molar-refractivity contribution in [3.8, 4) is 5.75 Å². The summed E-state index contributed by atoms with van der Waals surface area (Å²) in [5.41, 5.74) is 1.73. The molecule has 2 atom stereocenters. The lowest BCUT2D eigenvalue weighted by Crippen LogP contribution is -2.52. The van der Waals surface area contributed by atoms with Gasteiger partial charge < -0.3 is 25.4 Å². The van der Waals surface area contributed by atoms with Crippen LogP contribution in [-0.2, 0) is 22.6 Å². The first-order valence-electron chi connectivity index (χ1n) is 10.6. The predicted molar refractivity (Wildman–Crippen MR) is 118 cm³/mol. The Kier molecular flexibility index (Phi) is 8.09. The Balaban J connectivity index is 1.63. The van der Waals surface area contributed by atoms with E-state index in [0.717, 1.165) is 24.0 Å². The topological polar surface area (TPSA) is 108 Å². The summed E-state index contributed by atoms with van der Waals surface area (Å²) in [7, 11) is -0.152. The molecule has 8 heteroatoms. The van der Waals surface area contributed by atoms with Gasteiger partial charge in [-0.3, -0.25) is 9.59 Å². The predicted octanol–water partition coefficient (Wildman–Crippen LogP) is 1.47. The first-order valence-corrected chi connectivity index (χ1v) is 10.6. The fourth-order valence-corrected chi connectivity index (χ4v) is 3.50. The summed E-state index contributed by atoms with van der Waals surface area (Å²) < 4.78 is 5.20. The van der Waals surface area contributed by atoms with E-state index in [9.17, 15) is 19.6 Å². The molecule has 3 rings (SSSR count). The summed E-state index contributed by atoms with van der Waals surface area (Å²) >= 11 is 0. The number of hydrogen-bond acceptors (Lipinski definition) is 5. The fourth-order valence-electron chi connectivity index (χ4n) is 3.50. The lowest BCUT2D eigenvalue weighted by molar-refractivity contribution is -0.136. The third-order valence-electron chi connectivity index (χ3n) is 5.49. The van der Waals surface area contributed by atoms with E-state index in [1.54, 1.807) is 7.11 Å². The molecule has 164 valence electrons. The number of hydrogen-bond donors (Lipinski definition) is 4. The number of methoxy groups -OCH3 is 1. The summed E-state index contributed by atoms with van der Waals surface area (Å²) in [6.45, 7) is 0.278. The smallest absolute Gasteiger partial charge is 0.475 e. The minimum absolute atomic E-state index is 0.256. The second-order valence-corrected chi connectivity index (χ2v) is 8.02. The first kappa shape index (κ1) is 22.8. The summed E-state index contributed by atoms with van der Waals surface area (Å²) in [5.74, 6) is -1.58. The average Bonchev–Trinajstić information content (AvgIpc) is 3.60. The number of ether oxygens (including phenoxy) is 1. The van der Waals surface area contributed by atoms with Crippen LogP contribution in [0.3, 0.4) is 0 Å². The van der Waals surface area contributed by atoms with E-state index in [4.69, 9.17) is 4.74 Å². The van der Waals surface area contributed by atoms with Crippen molar-refractivity contribution in [3.05, 3.63) is 65.7 Å². The molecule has 0 spiro atoms. The molecule has 1 aliphatic rings. The molecule has 0 saturated heterocycles. The van der Waals surface area contributed by atoms with E-state index in [2.05, 4.69) is 10.6 Å². The number of benzene rings is 2. The van der Waals surface area contributed by atoms with Gasteiger partial charge in [-0.2, -0.15) is 0 Å². The normalized spacial score (nSPS) is 14.9. The van der Waals surface area contributed by atoms with E-state index in [1.807, 2.05) is 54.6 Å². The van der Waals surface area contributed by atoms with Crippen molar-refractivity contribution in [2.75, 3.05) is 7.11 Å². The van der Waals surface area contributed by atoms with Gasteiger partial charge >= 0.3 is 7.12 Å². The Morgan fingerprint density at radius 1 is 1.06 bits per heavy atom. The van der Waals surface area contributed by atoms with Crippen LogP contribution < -0.4 is 15.4 Å². The zero-order valence-corrected chi connectivity index (χ0v) is 17.7. The molecule has 1 fully saturated rings. The van der Waals surface area contributed by atoms with Crippen LogP contribution >= 0.6 is 0 Å². The highest BCUT2D eigenvalue weighted by atomic mass is 16.5. The van der Waals surface area contributed by atoms with Gasteiger partial charge in [0, 0.05) is 6.54 Å². The van der Waals surface area contributed by atoms with E-state index in [-0.39, 0.29) is 18.9 Å². The number of amides is 2. The highest BCUT2D eigenvalue weighted by Gasteiger charge is 2.36. The molecule has 2 amide bonds. The molecular weight excluding hydrogens is 395 g/mol. The van der Waals surface area contributed by atoms with Gasteiger partial charge in [0.05, 0.1) is 13.1 Å². The van der Waals surface area contributed by atoms with Crippen molar-refractivity contribution in [2.24, 2.45) is 11.8 Å². The van der Waals surface area contributed by atoms with Gasteiger partial charge in [0.2, 0.25) is 11.8 Å². The van der Waals surface area contributed by atoms with Gasteiger partial charge in [0.25, 0.3) is 0 Å². The Labute approximate surface area is 183 Å². The summed E-state index contributed by atoms with van der Waals surface area (Å²) in [6.07, 6.45) is 2.72. The van der Waals surface area contributed by atoms with Crippen LogP contribution in [0.2, 0.25) is 0 Å². The molecule has 1 saturated carbocycles. The molecule has 1 unspecified atom stereocenters. The molecular formula is C23H29BN2O5. The molecule has 1 aliphatic carbocycles. The minimum atomic E-state index is -1.73. The van der Waals surface area contributed by atoms with E-state index < -0.39 is 24.9 Å². The molecule has 31 heavy (non-hydrogen) atoms. The summed E-state index contributed by atoms with van der Waals surface area (Å²) in [5, 5.41) is 25.0. The zero-order valence-electron chi connectivity index (χ0n) is 17.7. The van der Waals surface area contributed by atoms with Gasteiger partial charge in [0.15, 0.2) is 0 Å². The van der Waals surface area contributed by atoms with E-state index in [1.165, 1.54) is 0 Å². The van der Waals surface area contributed by atoms with Crippen molar-refractivity contribution in [2.45, 2.75) is 38.2 Å². The molecule has 0 radical (unpaired) electrons. The standard InChI is InChI=1S/C23H29BN2O5/c1-31-19-9-5-8-18(12-19)15-25-22(27)20(13-17-10-11-17)23(28)26-21(24(29)30)14-16-6-3-2-4-7-16/h2-9,12,17,20-21,29-30H,10-11,13-15H2,1H3,(H,25,27)(H,26,28)/t20?,21-/m0/s1. The lowest BCUT2D eigenvalue weighted by atomic mass is 9.75. The molecule has 4 N–H and O–H groups in total. The Morgan fingerprint density at radius 3 is 2.42 bits per heavy atom. The van der Waals surface area contributed by atoms with Gasteiger partial charge in [-0.25, -0.2) is 0 Å². The second-order valence-electron chi connectivity index (χ2n) is 8.02. The van der Waals surface area contributed by atoms with E-state index in [0.29, 0.717) is 18.1 Å². The maximum atomic E-state index is 13.0. The van der Waals surface area contributed by atoms with Gasteiger partial charge in [0.1, 0.15) is 11.7 Å².